The fraction of sp³-hybridized carbons (Fsp3) is 0.0833. The maximum absolute atomic E-state index is 12.3. The summed E-state index contributed by atoms with van der Waals surface area (Å²) >= 11 is 1.13. The molecule has 0 aliphatic carbocycles. The fourth-order valence-corrected chi connectivity index (χ4v) is 1.92. The van der Waals surface area contributed by atoms with Crippen LogP contribution < -0.4 is 0 Å². The van der Waals surface area contributed by atoms with Crippen molar-refractivity contribution in [1.29, 1.82) is 5.26 Å². The third kappa shape index (κ3) is 3.45. The van der Waals surface area contributed by atoms with Gasteiger partial charge in [0.2, 0.25) is 0 Å². The molecule has 7 heteroatoms. The third-order valence-corrected chi connectivity index (χ3v) is 3.04. The quantitative estimate of drug-likeness (QED) is 0.845. The van der Waals surface area contributed by atoms with E-state index in [1.807, 2.05) is 6.07 Å². The minimum atomic E-state index is -4.39. The van der Waals surface area contributed by atoms with Crippen molar-refractivity contribution in [2.24, 2.45) is 0 Å². The zero-order valence-corrected chi connectivity index (χ0v) is 10.2. The van der Waals surface area contributed by atoms with Crippen molar-refractivity contribution in [3.05, 3.63) is 47.8 Å². The van der Waals surface area contributed by atoms with Crippen molar-refractivity contribution in [3.63, 3.8) is 0 Å². The first-order valence-electron chi connectivity index (χ1n) is 5.06. The first kappa shape index (κ1) is 13.4. The molecule has 0 atom stereocenters. The van der Waals surface area contributed by atoms with Crippen LogP contribution in [0.3, 0.4) is 0 Å². The van der Waals surface area contributed by atoms with E-state index in [4.69, 9.17) is 5.26 Å². The summed E-state index contributed by atoms with van der Waals surface area (Å²) in [6.45, 7) is 0. The van der Waals surface area contributed by atoms with Crippen molar-refractivity contribution in [3.8, 4) is 6.07 Å². The molecule has 0 aromatic carbocycles. The van der Waals surface area contributed by atoms with E-state index in [-0.39, 0.29) is 0 Å². The molecule has 0 unspecified atom stereocenters. The Balaban J connectivity index is 2.13. The third-order valence-electron chi connectivity index (χ3n) is 2.14. The molecular weight excluding hydrogens is 275 g/mol. The first-order chi connectivity index (χ1) is 8.99. The van der Waals surface area contributed by atoms with Gasteiger partial charge in [0.25, 0.3) is 0 Å². The maximum Gasteiger partial charge on any atom is 0.417 e. The Morgan fingerprint density at radius 2 is 1.63 bits per heavy atom. The summed E-state index contributed by atoms with van der Waals surface area (Å²) in [5, 5.41) is 9.58. The Kier molecular flexibility index (Phi) is 3.71. The second kappa shape index (κ2) is 5.28. The Morgan fingerprint density at radius 1 is 1.00 bits per heavy atom. The van der Waals surface area contributed by atoms with E-state index in [1.54, 1.807) is 12.1 Å². The second-order valence-electron chi connectivity index (χ2n) is 3.48. The zero-order chi connectivity index (χ0) is 13.9. The van der Waals surface area contributed by atoms with E-state index in [0.717, 1.165) is 24.0 Å². The number of halogens is 3. The van der Waals surface area contributed by atoms with Gasteiger partial charge in [-0.15, -0.1) is 0 Å². The SMILES string of the molecule is N#Cc1ccc(Sc2ccc(C(F)(F)F)cn2)nc1. The Labute approximate surface area is 111 Å². The fourth-order valence-electron chi connectivity index (χ4n) is 1.22. The molecule has 2 aromatic rings. The molecule has 2 rings (SSSR count). The Hall–Kier alpha value is -2.07. The van der Waals surface area contributed by atoms with Crippen molar-refractivity contribution >= 4 is 11.8 Å². The lowest BCUT2D eigenvalue weighted by atomic mass is 10.3. The topological polar surface area (TPSA) is 49.6 Å². The van der Waals surface area contributed by atoms with E-state index >= 15 is 0 Å². The molecule has 0 aliphatic rings. The summed E-state index contributed by atoms with van der Waals surface area (Å²) in [7, 11) is 0. The van der Waals surface area contributed by atoms with Gasteiger partial charge >= 0.3 is 6.18 Å². The van der Waals surface area contributed by atoms with E-state index in [9.17, 15) is 13.2 Å². The van der Waals surface area contributed by atoms with Gasteiger partial charge in [0, 0.05) is 12.4 Å². The van der Waals surface area contributed by atoms with E-state index < -0.39 is 11.7 Å². The van der Waals surface area contributed by atoms with Crippen LogP contribution in [0.5, 0.6) is 0 Å². The van der Waals surface area contributed by atoms with Gasteiger partial charge in [-0.3, -0.25) is 0 Å². The highest BCUT2D eigenvalue weighted by Crippen LogP contribution is 2.30. The normalized spacial score (nSPS) is 11.1. The predicted molar refractivity (Wildman–Crippen MR) is 62.3 cm³/mol. The van der Waals surface area contributed by atoms with Crippen molar-refractivity contribution in [2.45, 2.75) is 16.2 Å². The minimum absolute atomic E-state index is 0.408. The number of alkyl halides is 3. The highest BCUT2D eigenvalue weighted by Gasteiger charge is 2.30. The molecule has 0 spiro atoms. The molecule has 0 amide bonds. The summed E-state index contributed by atoms with van der Waals surface area (Å²) < 4.78 is 37.0. The molecule has 0 fully saturated rings. The molecule has 0 aliphatic heterocycles. The van der Waals surface area contributed by atoms with Crippen LogP contribution in [0, 0.1) is 11.3 Å². The second-order valence-corrected chi connectivity index (χ2v) is 4.52. The summed E-state index contributed by atoms with van der Waals surface area (Å²) in [5.74, 6) is 0. The summed E-state index contributed by atoms with van der Waals surface area (Å²) in [4.78, 5) is 7.72. The highest BCUT2D eigenvalue weighted by molar-refractivity contribution is 7.99. The van der Waals surface area contributed by atoms with E-state index in [1.165, 1.54) is 12.3 Å². The number of nitrogens with zero attached hydrogens (tertiary/aromatic N) is 3. The number of pyridine rings is 2. The molecule has 96 valence electrons. The summed E-state index contributed by atoms with van der Waals surface area (Å²) in [5.41, 5.74) is -0.366. The summed E-state index contributed by atoms with van der Waals surface area (Å²) in [6.07, 6.45) is -2.21. The van der Waals surface area contributed by atoms with E-state index in [2.05, 4.69) is 9.97 Å². The highest BCUT2D eigenvalue weighted by atomic mass is 32.2. The lowest BCUT2D eigenvalue weighted by Gasteiger charge is -2.06. The number of rotatable bonds is 2. The summed E-state index contributed by atoms with van der Waals surface area (Å²) in [6, 6.07) is 7.38. The van der Waals surface area contributed by atoms with Gasteiger partial charge in [-0.05, 0) is 24.3 Å². The van der Waals surface area contributed by atoms with Gasteiger partial charge in [0.15, 0.2) is 0 Å². The molecule has 3 nitrogen and oxygen atoms in total. The van der Waals surface area contributed by atoms with E-state index in [0.29, 0.717) is 15.6 Å². The van der Waals surface area contributed by atoms with Gasteiger partial charge in [0.1, 0.15) is 16.1 Å². The van der Waals surface area contributed by atoms with Crippen LogP contribution in [-0.4, -0.2) is 9.97 Å². The number of aromatic nitrogens is 2. The van der Waals surface area contributed by atoms with Crippen molar-refractivity contribution in [1.82, 2.24) is 9.97 Å². The van der Waals surface area contributed by atoms with Crippen LogP contribution >= 0.6 is 11.8 Å². The first-order valence-corrected chi connectivity index (χ1v) is 5.88. The standard InChI is InChI=1S/C12H6F3N3S/c13-12(14,15)9-2-4-11(18-7-9)19-10-3-1-8(5-16)6-17-10/h1-4,6-7H. The average molecular weight is 281 g/mol. The molecule has 2 aromatic heterocycles. The molecule has 19 heavy (non-hydrogen) atoms. The molecule has 0 N–H and O–H groups in total. The zero-order valence-electron chi connectivity index (χ0n) is 9.35. The molecule has 0 radical (unpaired) electrons. The lowest BCUT2D eigenvalue weighted by molar-refractivity contribution is -0.137. The molecule has 0 saturated carbocycles. The van der Waals surface area contributed by atoms with Gasteiger partial charge in [-0.25, -0.2) is 9.97 Å². The monoisotopic (exact) mass is 281 g/mol. The largest absolute Gasteiger partial charge is 0.417 e. The van der Waals surface area contributed by atoms with Gasteiger partial charge in [-0.1, -0.05) is 11.8 Å². The van der Waals surface area contributed by atoms with Crippen LogP contribution in [0.25, 0.3) is 0 Å². The molecule has 2 heterocycles. The lowest BCUT2D eigenvalue weighted by Crippen LogP contribution is -2.05. The van der Waals surface area contributed by atoms with Gasteiger partial charge in [0.05, 0.1) is 11.1 Å². The van der Waals surface area contributed by atoms with Gasteiger partial charge in [-0.2, -0.15) is 18.4 Å². The number of nitriles is 1. The Morgan fingerprint density at radius 3 is 2.05 bits per heavy atom. The predicted octanol–water partition coefficient (Wildman–Crippen LogP) is 3.52. The average Bonchev–Trinajstić information content (AvgIpc) is 2.39. The van der Waals surface area contributed by atoms with Gasteiger partial charge < -0.3 is 0 Å². The smallest absolute Gasteiger partial charge is 0.249 e. The van der Waals surface area contributed by atoms with Crippen LogP contribution in [0.2, 0.25) is 0 Å². The van der Waals surface area contributed by atoms with Crippen LogP contribution in [-0.2, 0) is 6.18 Å². The van der Waals surface area contributed by atoms with Crippen LogP contribution in [0.4, 0.5) is 13.2 Å². The number of hydrogen-bond acceptors (Lipinski definition) is 4. The maximum atomic E-state index is 12.3. The number of hydrogen-bond donors (Lipinski definition) is 0. The van der Waals surface area contributed by atoms with Crippen LogP contribution in [0.15, 0.2) is 46.7 Å². The molecular formula is C12H6F3N3S. The molecule has 0 bridgehead atoms. The minimum Gasteiger partial charge on any atom is -0.249 e. The van der Waals surface area contributed by atoms with Crippen molar-refractivity contribution in [2.75, 3.05) is 0 Å². The Bertz CT molecular complexity index is 600. The van der Waals surface area contributed by atoms with Crippen LogP contribution in [0.1, 0.15) is 11.1 Å². The molecule has 0 saturated heterocycles. The van der Waals surface area contributed by atoms with Crippen molar-refractivity contribution < 1.29 is 13.2 Å².